The van der Waals surface area contributed by atoms with Gasteiger partial charge in [0, 0.05) is 24.1 Å². The highest BCUT2D eigenvalue weighted by atomic mass is 19.3. The lowest BCUT2D eigenvalue weighted by Gasteiger charge is -2.07. The molecule has 0 aliphatic carbocycles. The summed E-state index contributed by atoms with van der Waals surface area (Å²) in [6.07, 6.45) is 1.39. The summed E-state index contributed by atoms with van der Waals surface area (Å²) in [5.41, 5.74) is 2.55. The molecule has 0 bridgehead atoms. The zero-order valence-electron chi connectivity index (χ0n) is 15.2. The largest absolute Gasteiger partial charge is 0.435 e. The number of hydrogen-bond donors (Lipinski definition) is 1. The smallest absolute Gasteiger partial charge is 0.387 e. The van der Waals surface area contributed by atoms with Gasteiger partial charge in [-0.25, -0.2) is 0 Å². The minimum absolute atomic E-state index is 0.0263. The maximum atomic E-state index is 12.1. The molecule has 0 aliphatic rings. The lowest BCUT2D eigenvalue weighted by Crippen LogP contribution is -2.12. The number of ether oxygens (including phenoxy) is 1. The third-order valence-electron chi connectivity index (χ3n) is 4.02. The predicted octanol–water partition coefficient (Wildman–Crippen LogP) is 4.47. The Morgan fingerprint density at radius 1 is 1.14 bits per heavy atom. The van der Waals surface area contributed by atoms with Crippen LogP contribution < -0.4 is 10.1 Å². The Kier molecular flexibility index (Phi) is 6.31. The van der Waals surface area contributed by atoms with Crippen molar-refractivity contribution < 1.29 is 22.8 Å². The number of alkyl halides is 2. The number of nitrogens with one attached hydrogen (secondary N) is 1. The van der Waals surface area contributed by atoms with E-state index in [0.29, 0.717) is 23.8 Å². The highest BCUT2D eigenvalue weighted by molar-refractivity contribution is 5.90. The van der Waals surface area contributed by atoms with E-state index < -0.39 is 6.61 Å². The fourth-order valence-electron chi connectivity index (χ4n) is 2.53. The first-order chi connectivity index (χ1) is 13.5. The van der Waals surface area contributed by atoms with Crippen molar-refractivity contribution in [1.29, 1.82) is 0 Å². The molecule has 0 fully saturated rings. The fourth-order valence-corrected chi connectivity index (χ4v) is 2.53. The van der Waals surface area contributed by atoms with E-state index >= 15 is 0 Å². The SMILES string of the molecule is CCc1ccc(-c2noc(CCC(=O)Nc3ccc(OC(F)F)cc3)n2)cc1. The number of aryl methyl sites for hydroxylation is 2. The second-order valence-electron chi connectivity index (χ2n) is 6.01. The van der Waals surface area contributed by atoms with Crippen LogP contribution in [0.15, 0.2) is 53.1 Å². The third kappa shape index (κ3) is 5.35. The predicted molar refractivity (Wildman–Crippen MR) is 99.1 cm³/mol. The Morgan fingerprint density at radius 3 is 2.50 bits per heavy atom. The average molecular weight is 387 g/mol. The van der Waals surface area contributed by atoms with Gasteiger partial charge in [0.2, 0.25) is 17.6 Å². The minimum atomic E-state index is -2.88. The Bertz CT molecular complexity index is 909. The van der Waals surface area contributed by atoms with E-state index in [1.807, 2.05) is 24.3 Å². The molecule has 28 heavy (non-hydrogen) atoms. The molecule has 1 amide bonds. The van der Waals surface area contributed by atoms with Crippen LogP contribution in [0.2, 0.25) is 0 Å². The molecule has 1 heterocycles. The molecule has 0 saturated carbocycles. The summed E-state index contributed by atoms with van der Waals surface area (Å²) in [7, 11) is 0. The molecule has 1 aromatic heterocycles. The molecule has 0 atom stereocenters. The van der Waals surface area contributed by atoms with Gasteiger partial charge in [0.05, 0.1) is 0 Å². The van der Waals surface area contributed by atoms with Gasteiger partial charge in [0.25, 0.3) is 0 Å². The van der Waals surface area contributed by atoms with Gasteiger partial charge in [-0.2, -0.15) is 13.8 Å². The molecular weight excluding hydrogens is 368 g/mol. The van der Waals surface area contributed by atoms with Crippen molar-refractivity contribution in [3.05, 3.63) is 60.0 Å². The highest BCUT2D eigenvalue weighted by Crippen LogP contribution is 2.19. The van der Waals surface area contributed by atoms with Crippen molar-refractivity contribution in [3.63, 3.8) is 0 Å². The van der Waals surface area contributed by atoms with Crippen LogP contribution in [-0.4, -0.2) is 22.7 Å². The summed E-state index contributed by atoms with van der Waals surface area (Å²) in [6.45, 7) is -0.803. The molecule has 0 spiro atoms. The number of benzene rings is 2. The van der Waals surface area contributed by atoms with Crippen LogP contribution in [0.4, 0.5) is 14.5 Å². The second kappa shape index (κ2) is 9.07. The topological polar surface area (TPSA) is 77.2 Å². The summed E-state index contributed by atoms with van der Waals surface area (Å²) < 4.78 is 33.7. The highest BCUT2D eigenvalue weighted by Gasteiger charge is 2.11. The minimum Gasteiger partial charge on any atom is -0.435 e. The Labute approximate surface area is 160 Å². The van der Waals surface area contributed by atoms with E-state index in [1.165, 1.54) is 29.8 Å². The van der Waals surface area contributed by atoms with Gasteiger partial charge >= 0.3 is 6.61 Å². The number of carbonyl (C=O) groups excluding carboxylic acids is 1. The lowest BCUT2D eigenvalue weighted by atomic mass is 10.1. The Morgan fingerprint density at radius 2 is 1.86 bits per heavy atom. The number of anilines is 1. The number of nitrogens with zero attached hydrogens (tertiary/aromatic N) is 2. The molecule has 2 aromatic carbocycles. The number of rotatable bonds is 8. The van der Waals surface area contributed by atoms with Crippen LogP contribution in [0.1, 0.15) is 24.8 Å². The number of halogens is 2. The lowest BCUT2D eigenvalue weighted by molar-refractivity contribution is -0.116. The van der Waals surface area contributed by atoms with E-state index in [4.69, 9.17) is 4.52 Å². The number of hydrogen-bond acceptors (Lipinski definition) is 5. The summed E-state index contributed by atoms with van der Waals surface area (Å²) in [4.78, 5) is 16.4. The van der Waals surface area contributed by atoms with Gasteiger partial charge in [-0.05, 0) is 36.2 Å². The zero-order valence-corrected chi connectivity index (χ0v) is 15.2. The van der Waals surface area contributed by atoms with E-state index in [-0.39, 0.29) is 18.1 Å². The molecular formula is C20H19F2N3O3. The third-order valence-corrected chi connectivity index (χ3v) is 4.02. The zero-order chi connectivity index (χ0) is 19.9. The monoisotopic (exact) mass is 387 g/mol. The number of aromatic nitrogens is 2. The molecule has 3 aromatic rings. The van der Waals surface area contributed by atoms with E-state index in [9.17, 15) is 13.6 Å². The standard InChI is InChI=1S/C20H19F2N3O3/c1-2-13-3-5-14(6-4-13)19-24-18(28-25-19)12-11-17(26)23-15-7-9-16(10-8-15)27-20(21)22/h3-10,20H,2,11-12H2,1H3,(H,23,26). The number of carbonyl (C=O) groups is 1. The second-order valence-corrected chi connectivity index (χ2v) is 6.01. The van der Waals surface area contributed by atoms with Crippen LogP contribution in [0.3, 0.4) is 0 Å². The molecule has 1 N–H and O–H groups in total. The normalized spacial score (nSPS) is 10.9. The van der Waals surface area contributed by atoms with Gasteiger partial charge in [-0.15, -0.1) is 0 Å². The van der Waals surface area contributed by atoms with Crippen LogP contribution >= 0.6 is 0 Å². The summed E-state index contributed by atoms with van der Waals surface area (Å²) >= 11 is 0. The van der Waals surface area contributed by atoms with E-state index in [1.54, 1.807) is 0 Å². The average Bonchev–Trinajstić information content (AvgIpc) is 3.17. The van der Waals surface area contributed by atoms with Gasteiger partial charge < -0.3 is 14.6 Å². The van der Waals surface area contributed by atoms with Gasteiger partial charge in [-0.3, -0.25) is 4.79 Å². The fraction of sp³-hybridized carbons (Fsp3) is 0.250. The summed E-state index contributed by atoms with van der Waals surface area (Å²) in [6, 6.07) is 13.6. The summed E-state index contributed by atoms with van der Waals surface area (Å²) in [5.74, 6) is 0.617. The van der Waals surface area contributed by atoms with E-state index in [0.717, 1.165) is 12.0 Å². The van der Waals surface area contributed by atoms with Crippen LogP contribution in [-0.2, 0) is 17.6 Å². The Hall–Kier alpha value is -3.29. The first kappa shape index (κ1) is 19.5. The van der Waals surface area contributed by atoms with Crippen molar-refractivity contribution >= 4 is 11.6 Å². The first-order valence-electron chi connectivity index (χ1n) is 8.80. The first-order valence-corrected chi connectivity index (χ1v) is 8.80. The van der Waals surface area contributed by atoms with Crippen LogP contribution in [0.5, 0.6) is 5.75 Å². The maximum absolute atomic E-state index is 12.1. The molecule has 0 aliphatic heterocycles. The van der Waals surface area contributed by atoms with Crippen molar-refractivity contribution in [2.75, 3.05) is 5.32 Å². The maximum Gasteiger partial charge on any atom is 0.387 e. The summed E-state index contributed by atoms with van der Waals surface area (Å²) in [5, 5.41) is 6.62. The molecule has 3 rings (SSSR count). The molecule has 6 nitrogen and oxygen atoms in total. The molecule has 8 heteroatoms. The molecule has 0 radical (unpaired) electrons. The molecule has 146 valence electrons. The van der Waals surface area contributed by atoms with Gasteiger partial charge in [0.15, 0.2) is 0 Å². The Balaban J connectivity index is 1.51. The van der Waals surface area contributed by atoms with Gasteiger partial charge in [-0.1, -0.05) is 36.3 Å². The van der Waals surface area contributed by atoms with Crippen LogP contribution in [0, 0.1) is 0 Å². The van der Waals surface area contributed by atoms with Crippen LogP contribution in [0.25, 0.3) is 11.4 Å². The van der Waals surface area contributed by atoms with E-state index in [2.05, 4.69) is 27.1 Å². The molecule has 0 saturated heterocycles. The van der Waals surface area contributed by atoms with Crippen molar-refractivity contribution in [3.8, 4) is 17.1 Å². The van der Waals surface area contributed by atoms with Crippen molar-refractivity contribution in [2.24, 2.45) is 0 Å². The van der Waals surface area contributed by atoms with Crippen molar-refractivity contribution in [1.82, 2.24) is 10.1 Å². The van der Waals surface area contributed by atoms with Gasteiger partial charge in [0.1, 0.15) is 5.75 Å². The number of amides is 1. The quantitative estimate of drug-likeness (QED) is 0.617. The molecule has 0 unspecified atom stereocenters. The van der Waals surface area contributed by atoms with Crippen molar-refractivity contribution in [2.45, 2.75) is 32.8 Å².